The van der Waals surface area contributed by atoms with E-state index in [9.17, 15) is 9.59 Å². The van der Waals surface area contributed by atoms with Crippen LogP contribution >= 0.6 is 0 Å². The molecule has 5 heterocycles. The highest BCUT2D eigenvalue weighted by Gasteiger charge is 2.39. The van der Waals surface area contributed by atoms with Crippen LogP contribution in [0.2, 0.25) is 0 Å². The first-order valence-corrected chi connectivity index (χ1v) is 12.5. The second-order valence-electron chi connectivity index (χ2n) is 10.5. The number of anilines is 1. The Balaban J connectivity index is 1.68. The SMILES string of the molecule is CO[C@@]1(c2cc(OC3COC3)cc(-c3cn(C(=O)OC(C)(C)C)c4cnc(NC(C)=O)cc34)n2)CCOC1. The molecule has 3 aromatic heterocycles. The van der Waals surface area contributed by atoms with Crippen molar-refractivity contribution in [2.75, 3.05) is 38.9 Å². The van der Waals surface area contributed by atoms with E-state index < -0.39 is 17.3 Å². The monoisotopic (exact) mass is 524 g/mol. The molecular weight excluding hydrogens is 492 g/mol. The summed E-state index contributed by atoms with van der Waals surface area (Å²) >= 11 is 0. The molecule has 2 saturated heterocycles. The van der Waals surface area contributed by atoms with Gasteiger partial charge in [-0.05, 0) is 26.8 Å². The van der Waals surface area contributed by atoms with Gasteiger partial charge in [0, 0.05) is 56.3 Å². The van der Waals surface area contributed by atoms with E-state index in [0.717, 1.165) is 0 Å². The van der Waals surface area contributed by atoms with Gasteiger partial charge in [-0.3, -0.25) is 9.36 Å². The first-order chi connectivity index (χ1) is 18.1. The number of hydrogen-bond acceptors (Lipinski definition) is 9. The molecule has 2 fully saturated rings. The Morgan fingerprint density at radius 3 is 2.58 bits per heavy atom. The maximum absolute atomic E-state index is 13.2. The molecule has 2 aliphatic heterocycles. The Hall–Kier alpha value is -3.54. The second-order valence-corrected chi connectivity index (χ2v) is 10.5. The summed E-state index contributed by atoms with van der Waals surface area (Å²) in [4.78, 5) is 34.2. The van der Waals surface area contributed by atoms with E-state index in [4.69, 9.17) is 28.7 Å². The molecule has 0 unspecified atom stereocenters. The largest absolute Gasteiger partial charge is 0.485 e. The van der Waals surface area contributed by atoms with Crippen molar-refractivity contribution in [3.05, 3.63) is 36.3 Å². The van der Waals surface area contributed by atoms with Gasteiger partial charge in [0.25, 0.3) is 0 Å². The molecule has 0 aromatic carbocycles. The summed E-state index contributed by atoms with van der Waals surface area (Å²) < 4.78 is 30.1. The molecule has 1 amide bonds. The maximum atomic E-state index is 13.2. The zero-order valence-electron chi connectivity index (χ0n) is 22.2. The molecule has 0 aliphatic carbocycles. The van der Waals surface area contributed by atoms with Crippen LogP contribution in [-0.2, 0) is 29.3 Å². The predicted molar refractivity (Wildman–Crippen MR) is 138 cm³/mol. The molecule has 11 heteroatoms. The van der Waals surface area contributed by atoms with Crippen molar-refractivity contribution < 1.29 is 33.3 Å². The Morgan fingerprint density at radius 2 is 1.97 bits per heavy atom. The van der Waals surface area contributed by atoms with Crippen LogP contribution in [0.3, 0.4) is 0 Å². The number of amides is 1. The van der Waals surface area contributed by atoms with E-state index in [-0.39, 0.29) is 12.0 Å². The van der Waals surface area contributed by atoms with Crippen LogP contribution in [-0.4, -0.2) is 71.8 Å². The van der Waals surface area contributed by atoms with E-state index in [0.29, 0.717) is 72.3 Å². The molecule has 0 saturated carbocycles. The normalized spacial score (nSPS) is 19.8. The number of carbonyl (C=O) groups is 2. The minimum absolute atomic E-state index is 0.0601. The molecule has 11 nitrogen and oxygen atoms in total. The fraction of sp³-hybridized carbons (Fsp3) is 0.481. The highest BCUT2D eigenvalue weighted by Crippen LogP contribution is 2.39. The van der Waals surface area contributed by atoms with E-state index >= 15 is 0 Å². The van der Waals surface area contributed by atoms with Crippen LogP contribution in [0.4, 0.5) is 10.6 Å². The van der Waals surface area contributed by atoms with Gasteiger partial charge in [-0.15, -0.1) is 0 Å². The Bertz CT molecular complexity index is 1370. The average molecular weight is 525 g/mol. The van der Waals surface area contributed by atoms with Gasteiger partial charge in [0.2, 0.25) is 5.91 Å². The van der Waals surface area contributed by atoms with Gasteiger partial charge in [-0.1, -0.05) is 0 Å². The van der Waals surface area contributed by atoms with Crippen LogP contribution in [0, 0.1) is 0 Å². The number of ether oxygens (including phenoxy) is 5. The summed E-state index contributed by atoms with van der Waals surface area (Å²) in [6, 6.07) is 5.41. The van der Waals surface area contributed by atoms with Crippen LogP contribution in [0.15, 0.2) is 30.6 Å². The molecule has 3 aromatic rings. The molecule has 1 N–H and O–H groups in total. The molecule has 5 rings (SSSR count). The van der Waals surface area contributed by atoms with Crippen LogP contribution in [0.25, 0.3) is 22.2 Å². The molecule has 38 heavy (non-hydrogen) atoms. The third kappa shape index (κ3) is 5.22. The molecule has 1 atom stereocenters. The molecule has 202 valence electrons. The molecule has 2 aliphatic rings. The van der Waals surface area contributed by atoms with Crippen LogP contribution < -0.4 is 10.1 Å². The number of hydrogen-bond donors (Lipinski definition) is 1. The topological polar surface area (TPSA) is 123 Å². The first-order valence-electron chi connectivity index (χ1n) is 12.5. The van der Waals surface area contributed by atoms with Crippen molar-refractivity contribution in [2.45, 2.75) is 51.4 Å². The quantitative estimate of drug-likeness (QED) is 0.512. The number of carbonyl (C=O) groups excluding carboxylic acids is 2. The lowest BCUT2D eigenvalue weighted by Gasteiger charge is -2.29. The van der Waals surface area contributed by atoms with E-state index in [1.54, 1.807) is 40.1 Å². The lowest BCUT2D eigenvalue weighted by Crippen LogP contribution is -2.38. The summed E-state index contributed by atoms with van der Waals surface area (Å²) in [6.07, 6.45) is 3.23. The summed E-state index contributed by atoms with van der Waals surface area (Å²) in [5.74, 6) is 0.702. The van der Waals surface area contributed by atoms with Crippen molar-refractivity contribution in [1.82, 2.24) is 14.5 Å². The zero-order chi connectivity index (χ0) is 27.1. The third-order valence-corrected chi connectivity index (χ3v) is 6.41. The average Bonchev–Trinajstić information content (AvgIpc) is 3.45. The van der Waals surface area contributed by atoms with E-state index in [1.807, 2.05) is 12.1 Å². The van der Waals surface area contributed by atoms with Crippen molar-refractivity contribution >= 4 is 28.7 Å². The number of pyridine rings is 2. The van der Waals surface area contributed by atoms with Gasteiger partial charge in [-0.2, -0.15) is 0 Å². The summed E-state index contributed by atoms with van der Waals surface area (Å²) in [7, 11) is 1.64. The van der Waals surface area contributed by atoms with Crippen LogP contribution in [0.5, 0.6) is 5.75 Å². The fourth-order valence-electron chi connectivity index (χ4n) is 4.47. The molecule has 0 radical (unpaired) electrons. The molecular formula is C27H32N4O7. The maximum Gasteiger partial charge on any atom is 0.419 e. The number of rotatable bonds is 6. The highest BCUT2D eigenvalue weighted by atomic mass is 16.6. The van der Waals surface area contributed by atoms with Gasteiger partial charge in [0.05, 0.1) is 42.9 Å². The summed E-state index contributed by atoms with van der Waals surface area (Å²) in [5, 5.41) is 3.36. The van der Waals surface area contributed by atoms with Gasteiger partial charge in [0.15, 0.2) is 0 Å². The Morgan fingerprint density at radius 1 is 1.18 bits per heavy atom. The van der Waals surface area contributed by atoms with Crippen molar-refractivity contribution in [3.8, 4) is 17.0 Å². The van der Waals surface area contributed by atoms with Gasteiger partial charge in [0.1, 0.15) is 28.9 Å². The third-order valence-electron chi connectivity index (χ3n) is 6.41. The fourth-order valence-corrected chi connectivity index (χ4v) is 4.47. The predicted octanol–water partition coefficient (Wildman–Crippen LogP) is 3.88. The number of nitrogens with zero attached hydrogens (tertiary/aromatic N) is 3. The lowest BCUT2D eigenvalue weighted by atomic mass is 9.96. The van der Waals surface area contributed by atoms with Gasteiger partial charge >= 0.3 is 6.09 Å². The van der Waals surface area contributed by atoms with E-state index in [2.05, 4.69) is 10.3 Å². The molecule has 0 bridgehead atoms. The Labute approximate surface area is 220 Å². The minimum Gasteiger partial charge on any atom is -0.485 e. The van der Waals surface area contributed by atoms with E-state index in [1.165, 1.54) is 17.7 Å². The minimum atomic E-state index is -0.726. The van der Waals surface area contributed by atoms with Gasteiger partial charge < -0.3 is 29.0 Å². The summed E-state index contributed by atoms with van der Waals surface area (Å²) in [6.45, 7) is 8.75. The molecule has 0 spiro atoms. The first kappa shape index (κ1) is 26.1. The Kier molecular flexibility index (Phi) is 6.84. The number of methoxy groups -OCH3 is 1. The summed E-state index contributed by atoms with van der Waals surface area (Å²) in [5.41, 5.74) is 0.955. The van der Waals surface area contributed by atoms with Crippen molar-refractivity contribution in [1.29, 1.82) is 0 Å². The second kappa shape index (κ2) is 9.97. The zero-order valence-corrected chi connectivity index (χ0v) is 22.2. The smallest absolute Gasteiger partial charge is 0.419 e. The number of nitrogens with one attached hydrogen (secondary N) is 1. The highest BCUT2D eigenvalue weighted by molar-refractivity contribution is 6.02. The number of aromatic nitrogens is 3. The van der Waals surface area contributed by atoms with Crippen molar-refractivity contribution in [3.63, 3.8) is 0 Å². The van der Waals surface area contributed by atoms with Gasteiger partial charge in [-0.25, -0.2) is 14.8 Å². The standard InChI is InChI=1S/C27H32N4O7/c1-16(32)29-24-10-19-20(12-31(22(19)11-28-24)25(33)38-26(2,3)4)21-8-17(37-18-13-36-14-18)9-23(30-21)27(34-5)6-7-35-15-27/h8-12,18H,6-7,13-15H2,1-5H3,(H,28,29,32)/t27-/m0/s1. The number of fused-ring (bicyclic) bond motifs is 1. The van der Waals surface area contributed by atoms with Crippen molar-refractivity contribution in [2.24, 2.45) is 0 Å². The van der Waals surface area contributed by atoms with Crippen LogP contribution in [0.1, 0.15) is 39.8 Å². The lowest BCUT2D eigenvalue weighted by molar-refractivity contribution is -0.114.